The summed E-state index contributed by atoms with van der Waals surface area (Å²) in [5.41, 5.74) is 14.3. The van der Waals surface area contributed by atoms with Gasteiger partial charge in [0.05, 0.1) is 0 Å². The standard InChI is InChI=1S/C41H29N/c1-3-11-30(12-4-1)32-15-7-18-35(23-32)39-26-40(36-19-8-16-33(24-36)31-13-5-2-6-14-31)28-41(27-39)37-20-9-17-34(25-37)38-21-10-22-42-29-38/h1-29H. The Balaban J connectivity index is 1.38. The highest BCUT2D eigenvalue weighted by molar-refractivity contribution is 5.85. The van der Waals surface area contributed by atoms with Crippen LogP contribution < -0.4 is 0 Å². The minimum atomic E-state index is 1.11. The van der Waals surface area contributed by atoms with E-state index in [1.165, 1.54) is 55.6 Å². The Hall–Kier alpha value is -5.53. The summed E-state index contributed by atoms with van der Waals surface area (Å²) in [7, 11) is 0. The molecule has 0 radical (unpaired) electrons. The van der Waals surface area contributed by atoms with Crippen LogP contribution in [0.15, 0.2) is 176 Å². The molecule has 0 saturated heterocycles. The minimum Gasteiger partial charge on any atom is -0.264 e. The van der Waals surface area contributed by atoms with Gasteiger partial charge in [-0.15, -0.1) is 0 Å². The van der Waals surface area contributed by atoms with Gasteiger partial charge >= 0.3 is 0 Å². The lowest BCUT2D eigenvalue weighted by Crippen LogP contribution is -1.88. The molecule has 6 aromatic carbocycles. The highest BCUT2D eigenvalue weighted by Gasteiger charge is 2.11. The van der Waals surface area contributed by atoms with E-state index in [1.54, 1.807) is 0 Å². The lowest BCUT2D eigenvalue weighted by Gasteiger charge is -2.14. The van der Waals surface area contributed by atoms with Crippen molar-refractivity contribution in [2.75, 3.05) is 0 Å². The van der Waals surface area contributed by atoms with Crippen LogP contribution in [0.5, 0.6) is 0 Å². The highest BCUT2D eigenvalue weighted by Crippen LogP contribution is 2.36. The van der Waals surface area contributed by atoms with Gasteiger partial charge in [-0.1, -0.05) is 121 Å². The van der Waals surface area contributed by atoms with Crippen LogP contribution in [0.3, 0.4) is 0 Å². The van der Waals surface area contributed by atoms with E-state index in [2.05, 4.69) is 163 Å². The third-order valence-electron chi connectivity index (χ3n) is 7.73. The smallest absolute Gasteiger partial charge is 0.0346 e. The maximum Gasteiger partial charge on any atom is 0.0346 e. The maximum atomic E-state index is 4.34. The Labute approximate surface area is 247 Å². The molecule has 7 rings (SSSR count). The molecular formula is C41H29N. The van der Waals surface area contributed by atoms with Gasteiger partial charge in [0.15, 0.2) is 0 Å². The van der Waals surface area contributed by atoms with E-state index in [1.807, 2.05) is 18.5 Å². The van der Waals surface area contributed by atoms with E-state index >= 15 is 0 Å². The molecule has 0 fully saturated rings. The van der Waals surface area contributed by atoms with Gasteiger partial charge in [-0.2, -0.15) is 0 Å². The summed E-state index contributed by atoms with van der Waals surface area (Å²) in [4.78, 5) is 4.34. The summed E-state index contributed by atoms with van der Waals surface area (Å²) in [6.45, 7) is 0. The first kappa shape index (κ1) is 25.4. The van der Waals surface area contributed by atoms with Crippen LogP contribution in [-0.4, -0.2) is 4.98 Å². The fourth-order valence-corrected chi connectivity index (χ4v) is 5.56. The molecule has 0 saturated carbocycles. The van der Waals surface area contributed by atoms with Gasteiger partial charge in [-0.25, -0.2) is 0 Å². The minimum absolute atomic E-state index is 1.11. The largest absolute Gasteiger partial charge is 0.264 e. The number of hydrogen-bond donors (Lipinski definition) is 0. The van der Waals surface area contributed by atoms with Crippen molar-refractivity contribution >= 4 is 0 Å². The molecule has 7 aromatic rings. The van der Waals surface area contributed by atoms with Gasteiger partial charge in [-0.05, 0) is 104 Å². The maximum absolute atomic E-state index is 4.34. The van der Waals surface area contributed by atoms with E-state index in [0.29, 0.717) is 0 Å². The molecule has 1 heterocycles. The number of pyridine rings is 1. The van der Waals surface area contributed by atoms with Crippen LogP contribution in [0.4, 0.5) is 0 Å². The number of hydrogen-bond acceptors (Lipinski definition) is 1. The fraction of sp³-hybridized carbons (Fsp3) is 0. The Morgan fingerprint density at radius 2 is 0.548 bits per heavy atom. The van der Waals surface area contributed by atoms with Crippen molar-refractivity contribution < 1.29 is 0 Å². The van der Waals surface area contributed by atoms with Gasteiger partial charge < -0.3 is 0 Å². The molecule has 0 spiro atoms. The topological polar surface area (TPSA) is 12.9 Å². The van der Waals surface area contributed by atoms with Gasteiger partial charge in [0, 0.05) is 18.0 Å². The fourth-order valence-electron chi connectivity index (χ4n) is 5.56. The Morgan fingerprint density at radius 1 is 0.238 bits per heavy atom. The van der Waals surface area contributed by atoms with Crippen LogP contribution in [0.2, 0.25) is 0 Å². The molecule has 1 nitrogen and oxygen atoms in total. The summed E-state index contributed by atoms with van der Waals surface area (Å²) in [5, 5.41) is 0. The predicted octanol–water partition coefficient (Wildman–Crippen LogP) is 11.1. The van der Waals surface area contributed by atoms with Gasteiger partial charge in [0.25, 0.3) is 0 Å². The van der Waals surface area contributed by atoms with Crippen LogP contribution in [0, 0.1) is 0 Å². The Morgan fingerprint density at radius 3 is 0.929 bits per heavy atom. The van der Waals surface area contributed by atoms with E-state index < -0.39 is 0 Å². The zero-order valence-corrected chi connectivity index (χ0v) is 23.2. The monoisotopic (exact) mass is 535 g/mol. The highest BCUT2D eigenvalue weighted by atomic mass is 14.6. The van der Waals surface area contributed by atoms with E-state index in [-0.39, 0.29) is 0 Å². The van der Waals surface area contributed by atoms with Crippen molar-refractivity contribution in [2.24, 2.45) is 0 Å². The third kappa shape index (κ3) is 5.41. The summed E-state index contributed by atoms with van der Waals surface area (Å²) >= 11 is 0. The summed E-state index contributed by atoms with van der Waals surface area (Å²) in [6.07, 6.45) is 3.74. The molecule has 0 unspecified atom stereocenters. The molecule has 0 amide bonds. The van der Waals surface area contributed by atoms with Crippen LogP contribution in [-0.2, 0) is 0 Å². The molecule has 0 N–H and O–H groups in total. The van der Waals surface area contributed by atoms with Crippen LogP contribution in [0.25, 0.3) is 66.8 Å². The third-order valence-corrected chi connectivity index (χ3v) is 7.73. The SMILES string of the molecule is c1ccc(-c2cccc(-c3cc(-c4cccc(-c5ccccc5)c4)cc(-c4cccc(-c5cccnc5)c4)c3)c2)cc1. The van der Waals surface area contributed by atoms with E-state index in [9.17, 15) is 0 Å². The average molecular weight is 536 g/mol. The van der Waals surface area contributed by atoms with Crippen LogP contribution >= 0.6 is 0 Å². The molecule has 0 aliphatic carbocycles. The average Bonchev–Trinajstić information content (AvgIpc) is 3.09. The molecule has 0 atom stereocenters. The van der Waals surface area contributed by atoms with Crippen molar-refractivity contribution in [1.29, 1.82) is 0 Å². The first-order chi connectivity index (χ1) is 20.8. The zero-order chi connectivity index (χ0) is 28.1. The first-order valence-electron chi connectivity index (χ1n) is 14.3. The number of aromatic nitrogens is 1. The normalized spacial score (nSPS) is 10.9. The van der Waals surface area contributed by atoms with Gasteiger partial charge in [-0.3, -0.25) is 4.98 Å². The second-order valence-electron chi connectivity index (χ2n) is 10.5. The summed E-state index contributed by atoms with van der Waals surface area (Å²) < 4.78 is 0. The Bertz CT molecular complexity index is 1720. The lowest BCUT2D eigenvalue weighted by molar-refractivity contribution is 1.33. The zero-order valence-electron chi connectivity index (χ0n) is 23.2. The molecule has 1 heteroatoms. The predicted molar refractivity (Wildman–Crippen MR) is 177 cm³/mol. The number of rotatable bonds is 6. The van der Waals surface area contributed by atoms with Crippen molar-refractivity contribution in [2.45, 2.75) is 0 Å². The quantitative estimate of drug-likeness (QED) is 0.206. The van der Waals surface area contributed by atoms with Crippen molar-refractivity contribution in [3.05, 3.63) is 176 Å². The molecule has 0 aliphatic rings. The van der Waals surface area contributed by atoms with E-state index in [0.717, 1.165) is 11.1 Å². The molecule has 0 aliphatic heterocycles. The molecule has 1 aromatic heterocycles. The van der Waals surface area contributed by atoms with Crippen LogP contribution in [0.1, 0.15) is 0 Å². The summed E-state index contributed by atoms with van der Waals surface area (Å²) in [6, 6.07) is 58.7. The second-order valence-corrected chi connectivity index (χ2v) is 10.5. The van der Waals surface area contributed by atoms with E-state index in [4.69, 9.17) is 0 Å². The molecule has 198 valence electrons. The number of benzene rings is 6. The van der Waals surface area contributed by atoms with Crippen molar-refractivity contribution in [1.82, 2.24) is 4.98 Å². The molecule has 42 heavy (non-hydrogen) atoms. The van der Waals surface area contributed by atoms with Crippen molar-refractivity contribution in [3.8, 4) is 66.8 Å². The summed E-state index contributed by atoms with van der Waals surface area (Å²) in [5.74, 6) is 0. The van der Waals surface area contributed by atoms with Crippen molar-refractivity contribution in [3.63, 3.8) is 0 Å². The first-order valence-corrected chi connectivity index (χ1v) is 14.3. The van der Waals surface area contributed by atoms with Gasteiger partial charge in [0.2, 0.25) is 0 Å². The number of nitrogens with zero attached hydrogens (tertiary/aromatic N) is 1. The molecular weight excluding hydrogens is 506 g/mol. The Kier molecular flexibility index (Phi) is 6.98. The second kappa shape index (κ2) is 11.5. The van der Waals surface area contributed by atoms with Gasteiger partial charge in [0.1, 0.15) is 0 Å². The lowest BCUT2D eigenvalue weighted by atomic mass is 9.90. The molecule has 0 bridgehead atoms.